The molecule has 0 unspecified atom stereocenters. The molecular formula is C11H7ClN2O4. The Morgan fingerprint density at radius 1 is 1.28 bits per heavy atom. The van der Waals surface area contributed by atoms with Crippen molar-refractivity contribution in [2.75, 3.05) is 0 Å². The van der Waals surface area contributed by atoms with Crippen LogP contribution in [0.5, 0.6) is 0 Å². The maximum atomic E-state index is 11.9. The van der Waals surface area contributed by atoms with Crippen molar-refractivity contribution in [2.45, 2.75) is 0 Å². The monoisotopic (exact) mass is 266 g/mol. The second kappa shape index (κ2) is 4.50. The van der Waals surface area contributed by atoms with Crippen molar-refractivity contribution in [3.05, 3.63) is 61.9 Å². The van der Waals surface area contributed by atoms with Crippen LogP contribution in [0.4, 0.5) is 0 Å². The third kappa shape index (κ3) is 1.93. The summed E-state index contributed by atoms with van der Waals surface area (Å²) >= 11 is 5.87. The Kier molecular flexibility index (Phi) is 3.03. The molecule has 1 aromatic carbocycles. The molecule has 18 heavy (non-hydrogen) atoms. The highest BCUT2D eigenvalue weighted by Gasteiger charge is 2.15. The molecule has 0 aliphatic rings. The number of benzene rings is 1. The zero-order valence-corrected chi connectivity index (χ0v) is 9.64. The van der Waals surface area contributed by atoms with Crippen molar-refractivity contribution >= 4 is 17.6 Å². The topological polar surface area (TPSA) is 92.2 Å². The number of halogens is 1. The lowest BCUT2D eigenvalue weighted by Gasteiger charge is -2.06. The van der Waals surface area contributed by atoms with Gasteiger partial charge in [0.2, 0.25) is 0 Å². The van der Waals surface area contributed by atoms with Gasteiger partial charge in [0, 0.05) is 6.20 Å². The summed E-state index contributed by atoms with van der Waals surface area (Å²) in [5, 5.41) is 9.00. The van der Waals surface area contributed by atoms with Crippen LogP contribution in [-0.2, 0) is 0 Å². The Morgan fingerprint density at radius 2 is 1.94 bits per heavy atom. The number of para-hydroxylation sites is 1. The SMILES string of the molecule is O=C(O)c1c[nH]c(=O)n(-c2ccccc2Cl)c1=O. The number of carbonyl (C=O) groups is 1. The molecule has 92 valence electrons. The molecule has 1 heterocycles. The number of carboxylic acids is 1. The number of H-pyrrole nitrogens is 1. The Morgan fingerprint density at radius 3 is 2.56 bits per heavy atom. The normalized spacial score (nSPS) is 10.3. The molecule has 0 radical (unpaired) electrons. The third-order valence-electron chi connectivity index (χ3n) is 2.30. The van der Waals surface area contributed by atoms with Crippen LogP contribution in [0, 0.1) is 0 Å². The summed E-state index contributed by atoms with van der Waals surface area (Å²) in [6.07, 6.45) is 0.861. The summed E-state index contributed by atoms with van der Waals surface area (Å²) in [6.45, 7) is 0. The molecule has 7 heteroatoms. The van der Waals surface area contributed by atoms with Crippen molar-refractivity contribution in [1.29, 1.82) is 0 Å². The first-order valence-corrected chi connectivity index (χ1v) is 5.23. The third-order valence-corrected chi connectivity index (χ3v) is 2.62. The van der Waals surface area contributed by atoms with Crippen molar-refractivity contribution in [1.82, 2.24) is 9.55 Å². The Hall–Kier alpha value is -2.34. The lowest BCUT2D eigenvalue weighted by Crippen LogP contribution is -2.36. The van der Waals surface area contributed by atoms with Gasteiger partial charge in [0.25, 0.3) is 5.56 Å². The van der Waals surface area contributed by atoms with E-state index in [4.69, 9.17) is 16.7 Å². The smallest absolute Gasteiger partial charge is 0.342 e. The maximum Gasteiger partial charge on any atom is 0.342 e. The fourth-order valence-electron chi connectivity index (χ4n) is 1.48. The molecule has 0 bridgehead atoms. The molecule has 2 rings (SSSR count). The van der Waals surface area contributed by atoms with Gasteiger partial charge in [-0.05, 0) is 12.1 Å². The molecule has 0 amide bonds. The van der Waals surface area contributed by atoms with Crippen LogP contribution in [0.25, 0.3) is 5.69 Å². The minimum absolute atomic E-state index is 0.133. The summed E-state index contributed by atoms with van der Waals surface area (Å²) in [5.74, 6) is -1.42. The van der Waals surface area contributed by atoms with Crippen LogP contribution in [0.1, 0.15) is 10.4 Å². The van der Waals surface area contributed by atoms with E-state index >= 15 is 0 Å². The fraction of sp³-hybridized carbons (Fsp3) is 0. The van der Waals surface area contributed by atoms with Gasteiger partial charge in [-0.2, -0.15) is 0 Å². The van der Waals surface area contributed by atoms with Gasteiger partial charge in [0.1, 0.15) is 5.56 Å². The Labute approximate surface area is 105 Å². The first-order chi connectivity index (χ1) is 8.52. The van der Waals surface area contributed by atoms with E-state index in [0.29, 0.717) is 4.57 Å². The number of aromatic carboxylic acids is 1. The molecule has 0 spiro atoms. The van der Waals surface area contributed by atoms with Gasteiger partial charge in [-0.15, -0.1) is 0 Å². The van der Waals surface area contributed by atoms with Crippen LogP contribution in [0.15, 0.2) is 40.1 Å². The summed E-state index contributed by atoms with van der Waals surface area (Å²) in [4.78, 5) is 36.5. The van der Waals surface area contributed by atoms with Crippen molar-refractivity contribution in [3.8, 4) is 5.69 Å². The van der Waals surface area contributed by atoms with Crippen LogP contribution < -0.4 is 11.2 Å². The number of hydrogen-bond donors (Lipinski definition) is 2. The average molecular weight is 267 g/mol. The molecule has 2 N–H and O–H groups in total. The molecule has 0 atom stereocenters. The van der Waals surface area contributed by atoms with E-state index in [2.05, 4.69) is 4.98 Å². The van der Waals surface area contributed by atoms with E-state index in [1.807, 2.05) is 0 Å². The number of hydrogen-bond acceptors (Lipinski definition) is 3. The van der Waals surface area contributed by atoms with Crippen LogP contribution in [-0.4, -0.2) is 20.6 Å². The molecule has 2 aromatic rings. The lowest BCUT2D eigenvalue weighted by molar-refractivity contribution is 0.0694. The average Bonchev–Trinajstić information content (AvgIpc) is 2.31. The number of carboxylic acid groups (broad SMARTS) is 1. The van der Waals surface area contributed by atoms with Crippen LogP contribution >= 0.6 is 11.6 Å². The van der Waals surface area contributed by atoms with Crippen molar-refractivity contribution in [3.63, 3.8) is 0 Å². The van der Waals surface area contributed by atoms with Gasteiger partial charge in [0.15, 0.2) is 0 Å². The number of aromatic nitrogens is 2. The van der Waals surface area contributed by atoms with Crippen molar-refractivity contribution < 1.29 is 9.90 Å². The van der Waals surface area contributed by atoms with E-state index in [1.165, 1.54) is 12.1 Å². The van der Waals surface area contributed by atoms with Crippen LogP contribution in [0.3, 0.4) is 0 Å². The number of rotatable bonds is 2. The molecule has 1 aromatic heterocycles. The van der Waals surface area contributed by atoms with Gasteiger partial charge >= 0.3 is 11.7 Å². The second-order valence-electron chi connectivity index (χ2n) is 3.40. The zero-order chi connectivity index (χ0) is 13.3. The maximum absolute atomic E-state index is 11.9. The zero-order valence-electron chi connectivity index (χ0n) is 8.88. The van der Waals surface area contributed by atoms with E-state index < -0.39 is 22.8 Å². The number of nitrogens with zero attached hydrogens (tertiary/aromatic N) is 1. The molecule has 0 saturated carbocycles. The largest absolute Gasteiger partial charge is 0.477 e. The lowest BCUT2D eigenvalue weighted by atomic mass is 10.3. The van der Waals surface area contributed by atoms with Gasteiger partial charge in [-0.25, -0.2) is 14.2 Å². The minimum Gasteiger partial charge on any atom is -0.477 e. The highest BCUT2D eigenvalue weighted by atomic mass is 35.5. The summed E-state index contributed by atoms with van der Waals surface area (Å²) in [5.41, 5.74) is -2.08. The first kappa shape index (κ1) is 12.1. The van der Waals surface area contributed by atoms with E-state index in [-0.39, 0.29) is 10.7 Å². The molecule has 0 saturated heterocycles. The summed E-state index contributed by atoms with van der Waals surface area (Å²) in [7, 11) is 0. The fourth-order valence-corrected chi connectivity index (χ4v) is 1.70. The predicted molar refractivity (Wildman–Crippen MR) is 64.6 cm³/mol. The highest BCUT2D eigenvalue weighted by molar-refractivity contribution is 6.32. The standard InChI is InChI=1S/C11H7ClN2O4/c12-7-3-1-2-4-8(7)14-9(15)6(10(16)17)5-13-11(14)18/h1-5H,(H,13,18)(H,16,17). The van der Waals surface area contributed by atoms with Gasteiger partial charge < -0.3 is 10.1 Å². The van der Waals surface area contributed by atoms with E-state index in [9.17, 15) is 14.4 Å². The van der Waals surface area contributed by atoms with Gasteiger partial charge in [-0.3, -0.25) is 4.79 Å². The number of nitrogens with one attached hydrogen (secondary N) is 1. The molecule has 0 aliphatic carbocycles. The van der Waals surface area contributed by atoms with E-state index in [1.54, 1.807) is 12.1 Å². The highest BCUT2D eigenvalue weighted by Crippen LogP contribution is 2.16. The van der Waals surface area contributed by atoms with Gasteiger partial charge in [-0.1, -0.05) is 23.7 Å². The van der Waals surface area contributed by atoms with Crippen molar-refractivity contribution in [2.24, 2.45) is 0 Å². The molecule has 0 fully saturated rings. The minimum atomic E-state index is -1.42. The molecule has 0 aliphatic heterocycles. The quantitative estimate of drug-likeness (QED) is 0.844. The molecular weight excluding hydrogens is 260 g/mol. The summed E-state index contributed by atoms with van der Waals surface area (Å²) < 4.78 is 0.686. The Bertz CT molecular complexity index is 732. The van der Waals surface area contributed by atoms with E-state index in [0.717, 1.165) is 6.20 Å². The predicted octanol–water partition coefficient (Wildman–Crippen LogP) is 0.877. The first-order valence-electron chi connectivity index (χ1n) is 4.85. The second-order valence-corrected chi connectivity index (χ2v) is 3.81. The number of aromatic amines is 1. The van der Waals surface area contributed by atoms with Crippen LogP contribution in [0.2, 0.25) is 5.02 Å². The molecule has 6 nitrogen and oxygen atoms in total. The van der Waals surface area contributed by atoms with Gasteiger partial charge in [0.05, 0.1) is 10.7 Å². The summed E-state index contributed by atoms with van der Waals surface area (Å²) in [6, 6.07) is 6.16. The Balaban J connectivity index is 2.84.